The van der Waals surface area contributed by atoms with E-state index < -0.39 is 6.04 Å². The molecule has 3 rings (SSSR count). The molecule has 0 aliphatic carbocycles. The molecule has 26 heavy (non-hydrogen) atoms. The fourth-order valence-electron chi connectivity index (χ4n) is 2.52. The minimum atomic E-state index is -0.460. The van der Waals surface area contributed by atoms with Gasteiger partial charge >= 0.3 is 0 Å². The predicted molar refractivity (Wildman–Crippen MR) is 109 cm³/mol. The Morgan fingerprint density at radius 1 is 1.08 bits per heavy atom. The van der Waals surface area contributed by atoms with Crippen molar-refractivity contribution < 1.29 is 4.79 Å². The lowest BCUT2D eigenvalue weighted by molar-refractivity contribution is -0.121. The van der Waals surface area contributed by atoms with Crippen LogP contribution in [0, 0.1) is 0 Å². The average Bonchev–Trinajstić information content (AvgIpc) is 2.63. The number of halogens is 2. The number of benzene rings is 3. The molecule has 0 spiro atoms. The molecule has 1 atom stereocenters. The lowest BCUT2D eigenvalue weighted by Gasteiger charge is -2.15. The van der Waals surface area contributed by atoms with Crippen molar-refractivity contribution >= 4 is 51.8 Å². The molecule has 1 amide bonds. The Morgan fingerprint density at radius 3 is 2.65 bits per heavy atom. The summed E-state index contributed by atoms with van der Waals surface area (Å²) in [5.41, 5.74) is 4.09. The van der Waals surface area contributed by atoms with Crippen LogP contribution in [0.15, 0.2) is 65.8 Å². The summed E-state index contributed by atoms with van der Waals surface area (Å²) in [4.78, 5) is 12.3. The van der Waals surface area contributed by atoms with Gasteiger partial charge in [0, 0.05) is 21.7 Å². The van der Waals surface area contributed by atoms with Gasteiger partial charge in [-0.25, -0.2) is 5.43 Å². The fourth-order valence-corrected chi connectivity index (χ4v) is 2.98. The lowest BCUT2D eigenvalue weighted by Crippen LogP contribution is -2.34. The van der Waals surface area contributed by atoms with E-state index in [0.29, 0.717) is 15.6 Å². The summed E-state index contributed by atoms with van der Waals surface area (Å²) in [6.45, 7) is 1.78. The van der Waals surface area contributed by atoms with Gasteiger partial charge in [0.05, 0.1) is 11.2 Å². The third-order valence-electron chi connectivity index (χ3n) is 3.90. The molecule has 0 aliphatic heterocycles. The smallest absolute Gasteiger partial charge is 0.262 e. The molecule has 0 radical (unpaired) electrons. The number of anilines is 1. The standard InChI is InChI=1S/C20H17Cl2N3O/c1-13(24-19-8-4-6-14-5-2-3-7-17(14)19)20(26)25-23-12-15-9-10-16(21)11-18(15)22/h2-13,24H,1H3,(H,25,26). The third-order valence-corrected chi connectivity index (χ3v) is 4.46. The molecular weight excluding hydrogens is 369 g/mol. The predicted octanol–water partition coefficient (Wildman–Crippen LogP) is 5.10. The van der Waals surface area contributed by atoms with Crippen LogP contribution in [0.3, 0.4) is 0 Å². The second-order valence-corrected chi connectivity index (χ2v) is 6.64. The number of carbonyl (C=O) groups is 1. The van der Waals surface area contributed by atoms with Crippen molar-refractivity contribution in [1.82, 2.24) is 5.43 Å². The normalized spacial score (nSPS) is 12.3. The molecule has 4 nitrogen and oxygen atoms in total. The Morgan fingerprint density at radius 2 is 1.85 bits per heavy atom. The van der Waals surface area contributed by atoms with Gasteiger partial charge < -0.3 is 5.32 Å². The van der Waals surface area contributed by atoms with E-state index in [4.69, 9.17) is 23.2 Å². The SMILES string of the molecule is CC(Nc1cccc2ccccc12)C(=O)NN=Cc1ccc(Cl)cc1Cl. The highest BCUT2D eigenvalue weighted by Gasteiger charge is 2.13. The van der Waals surface area contributed by atoms with Crippen LogP contribution in [0.1, 0.15) is 12.5 Å². The maximum absolute atomic E-state index is 12.3. The van der Waals surface area contributed by atoms with Gasteiger partial charge in [0.2, 0.25) is 0 Å². The zero-order valence-corrected chi connectivity index (χ0v) is 15.6. The van der Waals surface area contributed by atoms with Crippen LogP contribution >= 0.6 is 23.2 Å². The van der Waals surface area contributed by atoms with Crippen LogP contribution in [-0.2, 0) is 4.79 Å². The lowest BCUT2D eigenvalue weighted by atomic mass is 10.1. The van der Waals surface area contributed by atoms with Crippen LogP contribution in [0.5, 0.6) is 0 Å². The van der Waals surface area contributed by atoms with E-state index in [2.05, 4.69) is 15.8 Å². The van der Waals surface area contributed by atoms with E-state index in [0.717, 1.165) is 16.5 Å². The number of fused-ring (bicyclic) bond motifs is 1. The van der Waals surface area contributed by atoms with E-state index in [-0.39, 0.29) is 5.91 Å². The molecule has 3 aromatic carbocycles. The van der Waals surface area contributed by atoms with Crippen molar-refractivity contribution in [2.75, 3.05) is 5.32 Å². The minimum Gasteiger partial charge on any atom is -0.373 e. The van der Waals surface area contributed by atoms with Gasteiger partial charge in [0.1, 0.15) is 6.04 Å². The molecule has 0 saturated heterocycles. The minimum absolute atomic E-state index is 0.251. The number of carbonyl (C=O) groups excluding carboxylic acids is 1. The van der Waals surface area contributed by atoms with Crippen LogP contribution < -0.4 is 10.7 Å². The Kier molecular flexibility index (Phi) is 5.76. The zero-order chi connectivity index (χ0) is 18.5. The number of hydrogen-bond donors (Lipinski definition) is 2. The first-order valence-corrected chi connectivity index (χ1v) is 8.82. The molecule has 6 heteroatoms. The number of hydrazone groups is 1. The Bertz CT molecular complexity index is 967. The van der Waals surface area contributed by atoms with Gasteiger partial charge in [0.15, 0.2) is 0 Å². The van der Waals surface area contributed by atoms with Crippen molar-refractivity contribution in [3.63, 3.8) is 0 Å². The highest BCUT2D eigenvalue weighted by molar-refractivity contribution is 6.36. The first-order chi connectivity index (χ1) is 12.5. The molecule has 0 saturated carbocycles. The fraction of sp³-hybridized carbons (Fsp3) is 0.100. The molecule has 0 bridgehead atoms. The molecule has 0 aromatic heterocycles. The average molecular weight is 386 g/mol. The number of rotatable bonds is 5. The number of amides is 1. The highest BCUT2D eigenvalue weighted by Crippen LogP contribution is 2.23. The monoisotopic (exact) mass is 385 g/mol. The quantitative estimate of drug-likeness (QED) is 0.474. The summed E-state index contributed by atoms with van der Waals surface area (Å²) in [5, 5.41) is 10.4. The van der Waals surface area contributed by atoms with Crippen molar-refractivity contribution in [1.29, 1.82) is 0 Å². The number of nitrogens with zero attached hydrogens (tertiary/aromatic N) is 1. The Balaban J connectivity index is 1.65. The third kappa shape index (κ3) is 4.34. The van der Waals surface area contributed by atoms with E-state index in [1.807, 2.05) is 42.5 Å². The summed E-state index contributed by atoms with van der Waals surface area (Å²) in [6, 6.07) is 18.5. The number of nitrogens with one attached hydrogen (secondary N) is 2. The highest BCUT2D eigenvalue weighted by atomic mass is 35.5. The maximum atomic E-state index is 12.3. The van der Waals surface area contributed by atoms with Gasteiger partial charge in [-0.05, 0) is 30.5 Å². The Labute approximate surface area is 161 Å². The van der Waals surface area contributed by atoms with Crippen molar-refractivity contribution in [2.24, 2.45) is 5.10 Å². The van der Waals surface area contributed by atoms with E-state index >= 15 is 0 Å². The van der Waals surface area contributed by atoms with E-state index in [1.165, 1.54) is 6.21 Å². The van der Waals surface area contributed by atoms with Gasteiger partial charge in [-0.2, -0.15) is 5.10 Å². The van der Waals surface area contributed by atoms with Crippen LogP contribution in [0.4, 0.5) is 5.69 Å². The largest absolute Gasteiger partial charge is 0.373 e. The molecule has 0 fully saturated rings. The van der Waals surface area contributed by atoms with Gasteiger partial charge in [0.25, 0.3) is 5.91 Å². The first-order valence-electron chi connectivity index (χ1n) is 8.07. The van der Waals surface area contributed by atoms with Crippen LogP contribution in [0.25, 0.3) is 10.8 Å². The number of hydrogen-bond acceptors (Lipinski definition) is 3. The van der Waals surface area contributed by atoms with E-state index in [9.17, 15) is 4.79 Å². The maximum Gasteiger partial charge on any atom is 0.262 e. The summed E-state index contributed by atoms with van der Waals surface area (Å²) in [7, 11) is 0. The molecule has 132 valence electrons. The topological polar surface area (TPSA) is 53.5 Å². The van der Waals surface area contributed by atoms with E-state index in [1.54, 1.807) is 25.1 Å². The van der Waals surface area contributed by atoms with Crippen LogP contribution in [-0.4, -0.2) is 18.2 Å². The Hall–Kier alpha value is -2.56. The first kappa shape index (κ1) is 18.2. The summed E-state index contributed by atoms with van der Waals surface area (Å²) >= 11 is 11.9. The molecule has 3 aromatic rings. The van der Waals surface area contributed by atoms with Gasteiger partial charge in [-0.3, -0.25) is 4.79 Å². The van der Waals surface area contributed by atoms with Gasteiger partial charge in [-0.15, -0.1) is 0 Å². The van der Waals surface area contributed by atoms with Crippen molar-refractivity contribution in [2.45, 2.75) is 13.0 Å². The second kappa shape index (κ2) is 8.21. The summed E-state index contributed by atoms with van der Waals surface area (Å²) in [5.74, 6) is -0.251. The van der Waals surface area contributed by atoms with Crippen molar-refractivity contribution in [3.8, 4) is 0 Å². The molecule has 2 N–H and O–H groups in total. The summed E-state index contributed by atoms with van der Waals surface area (Å²) < 4.78 is 0. The molecule has 0 aliphatic rings. The zero-order valence-electron chi connectivity index (χ0n) is 14.0. The van der Waals surface area contributed by atoms with Gasteiger partial charge in [-0.1, -0.05) is 65.7 Å². The molecule has 1 unspecified atom stereocenters. The second-order valence-electron chi connectivity index (χ2n) is 5.79. The van der Waals surface area contributed by atoms with Crippen LogP contribution in [0.2, 0.25) is 10.0 Å². The summed E-state index contributed by atoms with van der Waals surface area (Å²) in [6.07, 6.45) is 1.49. The molecular formula is C20H17Cl2N3O. The molecule has 0 heterocycles. The van der Waals surface area contributed by atoms with Crippen molar-refractivity contribution in [3.05, 3.63) is 76.3 Å².